The van der Waals surface area contributed by atoms with Gasteiger partial charge in [-0.15, -0.1) is 0 Å². The fourth-order valence-corrected chi connectivity index (χ4v) is 7.21. The molecule has 180 valence electrons. The summed E-state index contributed by atoms with van der Waals surface area (Å²) in [5.41, 5.74) is 2.04. The van der Waals surface area contributed by atoms with Crippen molar-refractivity contribution in [1.82, 2.24) is 15.1 Å². The third-order valence-electron chi connectivity index (χ3n) is 8.66. The molecule has 2 bridgehead atoms. The molecule has 5 atom stereocenters. The summed E-state index contributed by atoms with van der Waals surface area (Å²) in [6.07, 6.45) is 10.4. The van der Waals surface area contributed by atoms with Crippen molar-refractivity contribution in [3.05, 3.63) is 42.0 Å². The second kappa shape index (κ2) is 8.84. The number of nitrogens with one attached hydrogen (secondary N) is 1. The van der Waals surface area contributed by atoms with Crippen LogP contribution in [0.2, 0.25) is 0 Å². The highest BCUT2D eigenvalue weighted by molar-refractivity contribution is 6.21. The third-order valence-corrected chi connectivity index (χ3v) is 8.66. The Morgan fingerprint density at radius 2 is 1.91 bits per heavy atom. The van der Waals surface area contributed by atoms with Gasteiger partial charge in [0, 0.05) is 25.6 Å². The maximum Gasteiger partial charge on any atom is 0.329 e. The molecular weight excluding hydrogens is 428 g/mol. The molecule has 0 aromatic heterocycles. The van der Waals surface area contributed by atoms with Gasteiger partial charge in [-0.25, -0.2) is 9.69 Å². The van der Waals surface area contributed by atoms with E-state index in [1.807, 2.05) is 6.07 Å². The van der Waals surface area contributed by atoms with Gasteiger partial charge in [0.15, 0.2) is 0 Å². The van der Waals surface area contributed by atoms with Crippen LogP contribution in [0.25, 0.3) is 0 Å². The van der Waals surface area contributed by atoms with E-state index in [9.17, 15) is 14.4 Å². The molecule has 4 unspecified atom stereocenters. The van der Waals surface area contributed by atoms with Gasteiger partial charge in [0.25, 0.3) is 5.91 Å². The van der Waals surface area contributed by atoms with E-state index < -0.39 is 12.1 Å². The zero-order chi connectivity index (χ0) is 23.2. The molecule has 0 spiro atoms. The molecule has 4 saturated heterocycles. The van der Waals surface area contributed by atoms with Crippen LogP contribution in [0.3, 0.4) is 0 Å². The van der Waals surface area contributed by atoms with Crippen LogP contribution in [0.4, 0.5) is 10.5 Å². The average Bonchev–Trinajstić information content (AvgIpc) is 3.15. The number of hydrogen-bond acceptors (Lipinski definition) is 4. The Bertz CT molecular complexity index is 1010. The van der Waals surface area contributed by atoms with Crippen LogP contribution in [-0.2, 0) is 9.59 Å². The highest BCUT2D eigenvalue weighted by atomic mass is 16.2. The topological polar surface area (TPSA) is 73.0 Å². The minimum atomic E-state index is -0.643. The maximum atomic E-state index is 13.4. The fourth-order valence-electron chi connectivity index (χ4n) is 7.21. The Morgan fingerprint density at radius 3 is 2.76 bits per heavy atom. The average molecular weight is 463 g/mol. The minimum absolute atomic E-state index is 0.120. The molecule has 1 aliphatic carbocycles. The van der Waals surface area contributed by atoms with Crippen molar-refractivity contribution >= 4 is 23.5 Å². The normalized spacial score (nSPS) is 33.2. The molecule has 1 aromatic rings. The van der Waals surface area contributed by atoms with Gasteiger partial charge >= 0.3 is 6.03 Å². The molecule has 1 aromatic carbocycles. The van der Waals surface area contributed by atoms with Crippen LogP contribution in [0.5, 0.6) is 0 Å². The molecule has 5 aliphatic rings. The van der Waals surface area contributed by atoms with Gasteiger partial charge in [-0.2, -0.15) is 0 Å². The Hall–Kier alpha value is -2.67. The van der Waals surface area contributed by atoms with Crippen molar-refractivity contribution in [2.75, 3.05) is 24.5 Å². The lowest BCUT2D eigenvalue weighted by molar-refractivity contribution is -0.136. The van der Waals surface area contributed by atoms with Crippen molar-refractivity contribution < 1.29 is 14.4 Å². The van der Waals surface area contributed by atoms with Gasteiger partial charge in [-0.1, -0.05) is 36.3 Å². The van der Waals surface area contributed by atoms with E-state index >= 15 is 0 Å². The summed E-state index contributed by atoms with van der Waals surface area (Å²) in [5, 5.41) is 2.78. The number of carbonyl (C=O) groups is 3. The first-order valence-electron chi connectivity index (χ1n) is 13.0. The van der Waals surface area contributed by atoms with Gasteiger partial charge in [0.2, 0.25) is 5.91 Å². The fraction of sp³-hybridized carbons (Fsp3) is 0.593. The molecule has 4 heterocycles. The summed E-state index contributed by atoms with van der Waals surface area (Å²) in [5.74, 6) is 1.02. The van der Waals surface area contributed by atoms with Gasteiger partial charge in [-0.05, 0) is 69.0 Å². The van der Waals surface area contributed by atoms with E-state index in [-0.39, 0.29) is 24.3 Å². The first kappa shape index (κ1) is 21.8. The Kier molecular flexibility index (Phi) is 5.68. The summed E-state index contributed by atoms with van der Waals surface area (Å²) < 4.78 is 0. The quantitative estimate of drug-likeness (QED) is 0.550. The number of piperidine rings is 3. The van der Waals surface area contributed by atoms with Gasteiger partial charge in [0.1, 0.15) is 6.04 Å². The summed E-state index contributed by atoms with van der Waals surface area (Å²) >= 11 is 0. The summed E-state index contributed by atoms with van der Waals surface area (Å²) in [6, 6.07) is 8.83. The zero-order valence-electron chi connectivity index (χ0n) is 19.7. The van der Waals surface area contributed by atoms with E-state index in [2.05, 4.69) is 21.2 Å². The molecular formula is C27H34N4O3. The largest absolute Gasteiger partial charge is 0.336 e. The highest BCUT2D eigenvalue weighted by Gasteiger charge is 2.47. The first-order chi connectivity index (χ1) is 16.6. The third kappa shape index (κ3) is 3.74. The number of hydrogen-bond donors (Lipinski definition) is 1. The molecule has 1 N–H and O–H groups in total. The molecule has 7 nitrogen and oxygen atoms in total. The number of nitrogens with zero attached hydrogens (tertiary/aromatic N) is 3. The van der Waals surface area contributed by atoms with Gasteiger partial charge < -0.3 is 10.2 Å². The van der Waals surface area contributed by atoms with E-state index in [1.165, 1.54) is 42.7 Å². The number of likely N-dealkylation sites (tertiary alicyclic amines) is 1. The number of imide groups is 1. The lowest BCUT2D eigenvalue weighted by Crippen LogP contribution is -2.60. The second-order valence-corrected chi connectivity index (χ2v) is 10.6. The van der Waals surface area contributed by atoms with Crippen LogP contribution in [0, 0.1) is 11.8 Å². The standard InChI is InChI=1S/C27H34N4O3/c32-24(12-11-22-26(33)31(27(34)28-22)21-8-2-1-3-9-21)30-14-6-7-18-15-19-16-20(25(18)30)17-29-13-5-4-10-23(19)29/h1-3,8-9,15,19-20,22-23,25H,4-7,10-14,16-17H2,(H,28,34)/t19?,20?,22-,23?,25?/m0/s1. The monoisotopic (exact) mass is 462 g/mol. The number of para-hydroxylation sites is 1. The van der Waals surface area contributed by atoms with Crippen molar-refractivity contribution in [3.63, 3.8) is 0 Å². The Labute approximate surface area is 201 Å². The molecule has 0 radical (unpaired) electrons. The molecule has 4 amide bonds. The summed E-state index contributed by atoms with van der Waals surface area (Å²) in [6.45, 7) is 3.10. The molecule has 6 rings (SSSR count). The second-order valence-electron chi connectivity index (χ2n) is 10.6. The number of carbonyl (C=O) groups excluding carboxylic acids is 3. The summed E-state index contributed by atoms with van der Waals surface area (Å²) in [4.78, 5) is 44.8. The molecule has 4 fully saturated rings. The van der Waals surface area contributed by atoms with E-state index in [0.717, 1.165) is 25.9 Å². The number of benzene rings is 1. The van der Waals surface area contributed by atoms with E-state index in [1.54, 1.807) is 24.3 Å². The maximum absolute atomic E-state index is 13.4. The van der Waals surface area contributed by atoms with Crippen LogP contribution in [0.1, 0.15) is 51.4 Å². The van der Waals surface area contributed by atoms with Crippen molar-refractivity contribution in [1.29, 1.82) is 0 Å². The number of amides is 4. The van der Waals surface area contributed by atoms with E-state index in [0.29, 0.717) is 30.0 Å². The zero-order valence-corrected chi connectivity index (χ0v) is 19.7. The number of anilines is 1. The number of fused-ring (bicyclic) bond motifs is 6. The lowest BCUT2D eigenvalue weighted by Gasteiger charge is -2.54. The lowest BCUT2D eigenvalue weighted by atomic mass is 9.68. The first-order valence-corrected chi connectivity index (χ1v) is 13.0. The number of urea groups is 1. The molecule has 0 saturated carbocycles. The van der Waals surface area contributed by atoms with Gasteiger partial charge in [0.05, 0.1) is 11.7 Å². The van der Waals surface area contributed by atoms with E-state index in [4.69, 9.17) is 0 Å². The smallest absolute Gasteiger partial charge is 0.329 e. The molecule has 7 heteroatoms. The Balaban J connectivity index is 1.13. The van der Waals surface area contributed by atoms with Gasteiger partial charge in [-0.3, -0.25) is 14.5 Å². The highest BCUT2D eigenvalue weighted by Crippen LogP contribution is 2.45. The SMILES string of the molecule is O=C1N[C@@H](CCC(=O)N2CCCC3=CC4CC(CN5CCCCC45)C32)C(=O)N1c1ccccc1. The van der Waals surface area contributed by atoms with Crippen LogP contribution >= 0.6 is 0 Å². The summed E-state index contributed by atoms with van der Waals surface area (Å²) in [7, 11) is 0. The minimum Gasteiger partial charge on any atom is -0.336 e. The predicted octanol–water partition coefficient (Wildman–Crippen LogP) is 3.31. The Morgan fingerprint density at radius 1 is 1.06 bits per heavy atom. The van der Waals surface area contributed by atoms with Crippen molar-refractivity contribution in [2.24, 2.45) is 11.8 Å². The molecule has 34 heavy (non-hydrogen) atoms. The van der Waals surface area contributed by atoms with Crippen molar-refractivity contribution in [2.45, 2.75) is 69.5 Å². The number of rotatable bonds is 4. The van der Waals surface area contributed by atoms with Crippen molar-refractivity contribution in [3.8, 4) is 0 Å². The van der Waals surface area contributed by atoms with Crippen LogP contribution in [-0.4, -0.2) is 65.4 Å². The van der Waals surface area contributed by atoms with Crippen LogP contribution in [0.15, 0.2) is 42.0 Å². The predicted molar refractivity (Wildman–Crippen MR) is 129 cm³/mol. The van der Waals surface area contributed by atoms with Crippen LogP contribution < -0.4 is 10.2 Å². The molecule has 4 aliphatic heterocycles.